The van der Waals surface area contributed by atoms with Crippen LogP contribution in [0.25, 0.3) is 0 Å². The Morgan fingerprint density at radius 2 is 2.10 bits per heavy atom. The molecule has 56 valence electrons. The largest absolute Gasteiger partial charge is 0.384 e. The standard InChI is InChI=1S/C8H14N2/c1-5-7(6(2)3)8(9)10-4/h5H,2H2,1,3-4H3,(H2,9,10)/b7-5+. The first-order chi connectivity index (χ1) is 4.63. The molecule has 0 rings (SSSR count). The lowest BCUT2D eigenvalue weighted by Gasteiger charge is -2.02. The first kappa shape index (κ1) is 8.95. The molecule has 0 aromatic heterocycles. The highest BCUT2D eigenvalue weighted by atomic mass is 14.8. The second-order valence-electron chi connectivity index (χ2n) is 2.09. The Bertz CT molecular complexity index is 187. The molecule has 0 amide bonds. The molecule has 0 radical (unpaired) electrons. The zero-order valence-corrected chi connectivity index (χ0v) is 6.81. The number of nitrogens with two attached hydrogens (primary N) is 1. The van der Waals surface area contributed by atoms with Gasteiger partial charge in [-0.25, -0.2) is 0 Å². The fraction of sp³-hybridized carbons (Fsp3) is 0.375. The quantitative estimate of drug-likeness (QED) is 0.350. The average Bonchev–Trinajstić information content (AvgIpc) is 1.88. The number of hydrogen-bond acceptors (Lipinski definition) is 1. The molecule has 0 bridgehead atoms. The zero-order valence-electron chi connectivity index (χ0n) is 6.81. The smallest absolute Gasteiger partial charge is 0.125 e. The molecule has 2 heteroatoms. The third-order valence-electron chi connectivity index (χ3n) is 1.27. The van der Waals surface area contributed by atoms with E-state index in [-0.39, 0.29) is 0 Å². The molecule has 0 atom stereocenters. The molecular weight excluding hydrogens is 124 g/mol. The minimum Gasteiger partial charge on any atom is -0.384 e. The van der Waals surface area contributed by atoms with Crippen LogP contribution in [0, 0.1) is 0 Å². The number of amidine groups is 1. The summed E-state index contributed by atoms with van der Waals surface area (Å²) in [5, 5.41) is 0. The predicted octanol–water partition coefficient (Wildman–Crippen LogP) is 1.50. The van der Waals surface area contributed by atoms with E-state index in [1.165, 1.54) is 0 Å². The lowest BCUT2D eigenvalue weighted by molar-refractivity contribution is 1.35. The third-order valence-corrected chi connectivity index (χ3v) is 1.27. The summed E-state index contributed by atoms with van der Waals surface area (Å²) in [6, 6.07) is 0. The van der Waals surface area contributed by atoms with Gasteiger partial charge in [-0.3, -0.25) is 4.99 Å². The second kappa shape index (κ2) is 3.88. The van der Waals surface area contributed by atoms with Crippen molar-refractivity contribution in [3.8, 4) is 0 Å². The van der Waals surface area contributed by atoms with Crippen molar-refractivity contribution < 1.29 is 0 Å². The van der Waals surface area contributed by atoms with Gasteiger partial charge in [0.25, 0.3) is 0 Å². The number of aliphatic imine (C=N–C) groups is 1. The summed E-state index contributed by atoms with van der Waals surface area (Å²) in [6.45, 7) is 7.60. The van der Waals surface area contributed by atoms with Crippen LogP contribution in [-0.2, 0) is 0 Å². The van der Waals surface area contributed by atoms with Gasteiger partial charge in [0.1, 0.15) is 5.84 Å². The maximum absolute atomic E-state index is 5.55. The van der Waals surface area contributed by atoms with Crippen molar-refractivity contribution in [1.82, 2.24) is 0 Å². The van der Waals surface area contributed by atoms with Gasteiger partial charge in [0.2, 0.25) is 0 Å². The lowest BCUT2D eigenvalue weighted by atomic mass is 10.1. The normalized spacial score (nSPS) is 13.5. The fourth-order valence-electron chi connectivity index (χ4n) is 0.733. The van der Waals surface area contributed by atoms with Crippen molar-refractivity contribution in [2.24, 2.45) is 10.7 Å². The van der Waals surface area contributed by atoms with E-state index in [9.17, 15) is 0 Å². The molecule has 0 fully saturated rings. The molecule has 0 aliphatic carbocycles. The maximum Gasteiger partial charge on any atom is 0.125 e. The predicted molar refractivity (Wildman–Crippen MR) is 46.1 cm³/mol. The molecule has 0 aromatic carbocycles. The number of allylic oxidation sites excluding steroid dienone is 1. The van der Waals surface area contributed by atoms with E-state index in [2.05, 4.69) is 11.6 Å². The van der Waals surface area contributed by atoms with Gasteiger partial charge >= 0.3 is 0 Å². The van der Waals surface area contributed by atoms with Crippen LogP contribution in [0.3, 0.4) is 0 Å². The number of rotatable bonds is 2. The van der Waals surface area contributed by atoms with Crippen molar-refractivity contribution in [1.29, 1.82) is 0 Å². The summed E-state index contributed by atoms with van der Waals surface area (Å²) in [4.78, 5) is 3.85. The molecule has 0 saturated carbocycles. The minimum atomic E-state index is 0.551. The summed E-state index contributed by atoms with van der Waals surface area (Å²) in [5.74, 6) is 0.551. The van der Waals surface area contributed by atoms with Crippen LogP contribution in [0.15, 0.2) is 28.8 Å². The summed E-state index contributed by atoms with van der Waals surface area (Å²) < 4.78 is 0. The van der Waals surface area contributed by atoms with Crippen molar-refractivity contribution in [2.45, 2.75) is 13.8 Å². The monoisotopic (exact) mass is 138 g/mol. The van der Waals surface area contributed by atoms with Gasteiger partial charge in [-0.05, 0) is 19.4 Å². The van der Waals surface area contributed by atoms with E-state index in [4.69, 9.17) is 5.73 Å². The van der Waals surface area contributed by atoms with Gasteiger partial charge in [-0.15, -0.1) is 0 Å². The SMILES string of the molecule is C=C(C)C(=C\C)/C(N)=N\C. The Morgan fingerprint density at radius 3 is 2.20 bits per heavy atom. The lowest BCUT2D eigenvalue weighted by Crippen LogP contribution is -2.14. The maximum atomic E-state index is 5.55. The molecule has 0 unspecified atom stereocenters. The highest BCUT2D eigenvalue weighted by Crippen LogP contribution is 2.05. The Balaban J connectivity index is 4.56. The average molecular weight is 138 g/mol. The summed E-state index contributed by atoms with van der Waals surface area (Å²) in [7, 11) is 1.67. The van der Waals surface area contributed by atoms with Crippen molar-refractivity contribution in [3.05, 3.63) is 23.8 Å². The summed E-state index contributed by atoms with van der Waals surface area (Å²) in [5.41, 5.74) is 7.43. The first-order valence-corrected chi connectivity index (χ1v) is 3.18. The van der Waals surface area contributed by atoms with Crippen molar-refractivity contribution in [2.75, 3.05) is 7.05 Å². The fourth-order valence-corrected chi connectivity index (χ4v) is 0.733. The molecule has 10 heavy (non-hydrogen) atoms. The van der Waals surface area contributed by atoms with Gasteiger partial charge < -0.3 is 5.73 Å². The second-order valence-corrected chi connectivity index (χ2v) is 2.09. The van der Waals surface area contributed by atoms with E-state index in [0.29, 0.717) is 5.84 Å². The first-order valence-electron chi connectivity index (χ1n) is 3.18. The summed E-state index contributed by atoms with van der Waals surface area (Å²) in [6.07, 6.45) is 1.91. The third kappa shape index (κ3) is 2.05. The Labute approximate surface area is 62.1 Å². The van der Waals surface area contributed by atoms with Crippen molar-refractivity contribution >= 4 is 5.84 Å². The van der Waals surface area contributed by atoms with Gasteiger partial charge in [-0.1, -0.05) is 12.7 Å². The topological polar surface area (TPSA) is 38.4 Å². The Hall–Kier alpha value is -1.05. The van der Waals surface area contributed by atoms with Gasteiger partial charge in [0, 0.05) is 12.6 Å². The van der Waals surface area contributed by atoms with Gasteiger partial charge in [0.15, 0.2) is 0 Å². The molecule has 0 aliphatic heterocycles. The molecule has 0 saturated heterocycles. The van der Waals surface area contributed by atoms with E-state index < -0.39 is 0 Å². The highest BCUT2D eigenvalue weighted by molar-refractivity contribution is 6.00. The molecule has 0 aromatic rings. The van der Waals surface area contributed by atoms with Crippen LogP contribution >= 0.6 is 0 Å². The molecule has 0 aliphatic rings. The summed E-state index contributed by atoms with van der Waals surface area (Å²) >= 11 is 0. The van der Waals surface area contributed by atoms with E-state index in [1.807, 2.05) is 19.9 Å². The van der Waals surface area contributed by atoms with Crippen molar-refractivity contribution in [3.63, 3.8) is 0 Å². The van der Waals surface area contributed by atoms with Crippen LogP contribution in [0.2, 0.25) is 0 Å². The minimum absolute atomic E-state index is 0.551. The van der Waals surface area contributed by atoms with Crippen LogP contribution in [0.1, 0.15) is 13.8 Å². The molecular formula is C8H14N2. The number of hydrogen-bond donors (Lipinski definition) is 1. The zero-order chi connectivity index (χ0) is 8.15. The Morgan fingerprint density at radius 1 is 1.60 bits per heavy atom. The van der Waals surface area contributed by atoms with Crippen LogP contribution in [0.5, 0.6) is 0 Å². The highest BCUT2D eigenvalue weighted by Gasteiger charge is 1.99. The van der Waals surface area contributed by atoms with Gasteiger partial charge in [0.05, 0.1) is 0 Å². The van der Waals surface area contributed by atoms with Crippen LogP contribution < -0.4 is 5.73 Å². The van der Waals surface area contributed by atoms with Crippen LogP contribution in [0.4, 0.5) is 0 Å². The van der Waals surface area contributed by atoms with E-state index >= 15 is 0 Å². The molecule has 0 spiro atoms. The molecule has 0 heterocycles. The van der Waals surface area contributed by atoms with Crippen LogP contribution in [-0.4, -0.2) is 12.9 Å². The van der Waals surface area contributed by atoms with E-state index in [1.54, 1.807) is 7.05 Å². The Kier molecular flexibility index (Phi) is 3.47. The van der Waals surface area contributed by atoms with E-state index in [0.717, 1.165) is 11.1 Å². The molecule has 2 nitrogen and oxygen atoms in total. The number of nitrogens with zero attached hydrogens (tertiary/aromatic N) is 1. The molecule has 2 N–H and O–H groups in total. The van der Waals surface area contributed by atoms with Gasteiger partial charge in [-0.2, -0.15) is 0 Å².